The van der Waals surface area contributed by atoms with E-state index in [1.54, 1.807) is 6.92 Å². The first-order valence-electron chi connectivity index (χ1n) is 6.58. The highest BCUT2D eigenvalue weighted by molar-refractivity contribution is 5.78. The number of carbonyl (C=O) groups is 1. The van der Waals surface area contributed by atoms with Crippen LogP contribution in [-0.4, -0.2) is 23.2 Å². The summed E-state index contributed by atoms with van der Waals surface area (Å²) in [5, 5.41) is 12.2. The van der Waals surface area contributed by atoms with Crippen LogP contribution in [0.2, 0.25) is 0 Å². The standard InChI is InChI=1S/C13H25NO2/c1-10(9-11(2)15)14-13(16)12-7-5-3-4-6-8-12/h10-12,15H,3-9H2,1-2H3,(H,14,16). The van der Waals surface area contributed by atoms with Gasteiger partial charge in [0.05, 0.1) is 6.10 Å². The topological polar surface area (TPSA) is 49.3 Å². The van der Waals surface area contributed by atoms with Gasteiger partial charge in [-0.3, -0.25) is 4.79 Å². The lowest BCUT2D eigenvalue weighted by Gasteiger charge is -2.19. The van der Waals surface area contributed by atoms with Crippen molar-refractivity contribution < 1.29 is 9.90 Å². The third-order valence-electron chi connectivity index (χ3n) is 3.31. The van der Waals surface area contributed by atoms with Crippen LogP contribution in [0.3, 0.4) is 0 Å². The summed E-state index contributed by atoms with van der Waals surface area (Å²) in [5.74, 6) is 0.397. The molecule has 2 unspecified atom stereocenters. The molecule has 1 fully saturated rings. The highest BCUT2D eigenvalue weighted by Crippen LogP contribution is 2.23. The molecule has 1 rings (SSSR count). The van der Waals surface area contributed by atoms with Gasteiger partial charge >= 0.3 is 0 Å². The molecule has 0 aromatic heterocycles. The molecule has 0 spiro atoms. The van der Waals surface area contributed by atoms with Crippen LogP contribution in [0.5, 0.6) is 0 Å². The predicted molar refractivity (Wildman–Crippen MR) is 65.1 cm³/mol. The molecular formula is C13H25NO2. The van der Waals surface area contributed by atoms with Crippen molar-refractivity contribution in [3.8, 4) is 0 Å². The molecule has 1 aliphatic carbocycles. The van der Waals surface area contributed by atoms with Crippen molar-refractivity contribution in [1.29, 1.82) is 0 Å². The second kappa shape index (κ2) is 6.89. The molecule has 94 valence electrons. The van der Waals surface area contributed by atoms with E-state index in [1.165, 1.54) is 25.7 Å². The van der Waals surface area contributed by atoms with Gasteiger partial charge in [0, 0.05) is 12.0 Å². The highest BCUT2D eigenvalue weighted by atomic mass is 16.3. The van der Waals surface area contributed by atoms with Gasteiger partial charge in [0.15, 0.2) is 0 Å². The molecule has 0 aliphatic heterocycles. The molecule has 1 saturated carbocycles. The number of rotatable bonds is 4. The minimum atomic E-state index is -0.343. The molecule has 0 aromatic carbocycles. The number of nitrogens with one attached hydrogen (secondary N) is 1. The summed E-state index contributed by atoms with van der Waals surface area (Å²) in [4.78, 5) is 12.0. The first kappa shape index (κ1) is 13.5. The molecule has 3 heteroatoms. The smallest absolute Gasteiger partial charge is 0.223 e. The fraction of sp³-hybridized carbons (Fsp3) is 0.923. The summed E-state index contributed by atoms with van der Waals surface area (Å²) in [5.41, 5.74) is 0. The van der Waals surface area contributed by atoms with Gasteiger partial charge in [0.2, 0.25) is 5.91 Å². The van der Waals surface area contributed by atoms with Gasteiger partial charge in [-0.1, -0.05) is 25.7 Å². The maximum atomic E-state index is 12.0. The number of aliphatic hydroxyl groups excluding tert-OH is 1. The average Bonchev–Trinajstić information content (AvgIpc) is 2.43. The Labute approximate surface area is 98.6 Å². The number of amides is 1. The minimum Gasteiger partial charge on any atom is -0.393 e. The molecule has 3 nitrogen and oxygen atoms in total. The molecule has 1 amide bonds. The van der Waals surface area contributed by atoms with Crippen molar-refractivity contribution >= 4 is 5.91 Å². The summed E-state index contributed by atoms with van der Waals surface area (Å²) in [7, 11) is 0. The van der Waals surface area contributed by atoms with E-state index in [0.717, 1.165) is 12.8 Å². The largest absolute Gasteiger partial charge is 0.393 e. The predicted octanol–water partition coefficient (Wildman–Crippen LogP) is 2.23. The molecule has 2 atom stereocenters. The van der Waals surface area contributed by atoms with Crippen LogP contribution in [0.1, 0.15) is 58.8 Å². The van der Waals surface area contributed by atoms with E-state index in [-0.39, 0.29) is 24.0 Å². The summed E-state index contributed by atoms with van der Waals surface area (Å²) in [6, 6.07) is 0.0794. The van der Waals surface area contributed by atoms with Gasteiger partial charge in [-0.05, 0) is 33.1 Å². The fourth-order valence-electron chi connectivity index (χ4n) is 2.47. The molecule has 1 aliphatic rings. The lowest BCUT2D eigenvalue weighted by atomic mass is 9.99. The maximum Gasteiger partial charge on any atom is 0.223 e. The van der Waals surface area contributed by atoms with E-state index in [4.69, 9.17) is 0 Å². The Kier molecular flexibility index (Phi) is 5.81. The first-order chi connectivity index (χ1) is 7.59. The zero-order chi connectivity index (χ0) is 12.0. The zero-order valence-corrected chi connectivity index (χ0v) is 10.5. The molecule has 0 radical (unpaired) electrons. The van der Waals surface area contributed by atoms with E-state index >= 15 is 0 Å². The van der Waals surface area contributed by atoms with Gasteiger partial charge in [-0.25, -0.2) is 0 Å². The Balaban J connectivity index is 2.32. The maximum absolute atomic E-state index is 12.0. The van der Waals surface area contributed by atoms with Crippen molar-refractivity contribution in [3.63, 3.8) is 0 Å². The third-order valence-corrected chi connectivity index (χ3v) is 3.31. The van der Waals surface area contributed by atoms with Gasteiger partial charge in [-0.15, -0.1) is 0 Å². The van der Waals surface area contributed by atoms with Crippen molar-refractivity contribution in [2.24, 2.45) is 5.92 Å². The van der Waals surface area contributed by atoms with Crippen LogP contribution in [0, 0.1) is 5.92 Å². The molecular weight excluding hydrogens is 202 g/mol. The lowest BCUT2D eigenvalue weighted by Crippen LogP contribution is -2.38. The Morgan fingerprint density at radius 3 is 2.31 bits per heavy atom. The molecule has 0 bridgehead atoms. The van der Waals surface area contributed by atoms with Crippen molar-refractivity contribution in [2.45, 2.75) is 70.9 Å². The van der Waals surface area contributed by atoms with E-state index in [1.807, 2.05) is 6.92 Å². The molecule has 2 N–H and O–H groups in total. The second-order valence-corrected chi connectivity index (χ2v) is 5.18. The van der Waals surface area contributed by atoms with Crippen molar-refractivity contribution in [2.75, 3.05) is 0 Å². The number of hydrogen-bond donors (Lipinski definition) is 2. The Bertz CT molecular complexity index is 208. The number of aliphatic hydroxyl groups is 1. The second-order valence-electron chi connectivity index (χ2n) is 5.18. The van der Waals surface area contributed by atoms with Crippen LogP contribution < -0.4 is 5.32 Å². The van der Waals surface area contributed by atoms with Crippen LogP contribution >= 0.6 is 0 Å². The molecule has 0 aromatic rings. The summed E-state index contributed by atoms with van der Waals surface area (Å²) in [6.45, 7) is 3.72. The van der Waals surface area contributed by atoms with Gasteiger partial charge in [0.1, 0.15) is 0 Å². The zero-order valence-electron chi connectivity index (χ0n) is 10.5. The van der Waals surface area contributed by atoms with E-state index in [0.29, 0.717) is 6.42 Å². The first-order valence-corrected chi connectivity index (χ1v) is 6.58. The van der Waals surface area contributed by atoms with E-state index in [2.05, 4.69) is 5.32 Å². The number of carbonyl (C=O) groups excluding carboxylic acids is 1. The summed E-state index contributed by atoms with van der Waals surface area (Å²) < 4.78 is 0. The summed E-state index contributed by atoms with van der Waals surface area (Å²) in [6.07, 6.45) is 7.27. The average molecular weight is 227 g/mol. The SMILES string of the molecule is CC(O)CC(C)NC(=O)C1CCCCCC1. The molecule has 16 heavy (non-hydrogen) atoms. The van der Waals surface area contributed by atoms with Crippen LogP contribution in [0.25, 0.3) is 0 Å². The molecule has 0 heterocycles. The Morgan fingerprint density at radius 2 is 1.81 bits per heavy atom. The van der Waals surface area contributed by atoms with Gasteiger partial charge in [-0.2, -0.15) is 0 Å². The summed E-state index contributed by atoms with van der Waals surface area (Å²) >= 11 is 0. The quantitative estimate of drug-likeness (QED) is 0.724. The van der Waals surface area contributed by atoms with Crippen molar-refractivity contribution in [1.82, 2.24) is 5.32 Å². The van der Waals surface area contributed by atoms with Crippen LogP contribution in [0.15, 0.2) is 0 Å². The van der Waals surface area contributed by atoms with E-state index < -0.39 is 0 Å². The lowest BCUT2D eigenvalue weighted by molar-refractivity contribution is -0.126. The third kappa shape index (κ3) is 4.97. The van der Waals surface area contributed by atoms with Crippen LogP contribution in [0.4, 0.5) is 0 Å². The monoisotopic (exact) mass is 227 g/mol. The normalized spacial score (nSPS) is 22.2. The van der Waals surface area contributed by atoms with Crippen molar-refractivity contribution in [3.05, 3.63) is 0 Å². The van der Waals surface area contributed by atoms with Crippen LogP contribution in [-0.2, 0) is 4.79 Å². The highest BCUT2D eigenvalue weighted by Gasteiger charge is 2.21. The Hall–Kier alpha value is -0.570. The molecule has 0 saturated heterocycles. The fourth-order valence-corrected chi connectivity index (χ4v) is 2.47. The Morgan fingerprint density at radius 1 is 1.25 bits per heavy atom. The minimum absolute atomic E-state index is 0.0794. The number of hydrogen-bond acceptors (Lipinski definition) is 2. The van der Waals surface area contributed by atoms with E-state index in [9.17, 15) is 9.90 Å². The van der Waals surface area contributed by atoms with Gasteiger partial charge in [0.25, 0.3) is 0 Å². The van der Waals surface area contributed by atoms with Gasteiger partial charge < -0.3 is 10.4 Å².